The zero-order valence-electron chi connectivity index (χ0n) is 16.0. The van der Waals surface area contributed by atoms with Gasteiger partial charge in [0.2, 0.25) is 0 Å². The molecule has 152 valence electrons. The molecule has 0 radical (unpaired) electrons. The van der Waals surface area contributed by atoms with Crippen LogP contribution in [-0.2, 0) is 10.0 Å². The second kappa shape index (κ2) is 7.89. The number of halogens is 1. The van der Waals surface area contributed by atoms with Crippen LogP contribution in [0.2, 0.25) is 5.02 Å². The minimum absolute atomic E-state index is 0.0130. The molecule has 0 saturated carbocycles. The van der Waals surface area contributed by atoms with Crippen molar-refractivity contribution in [3.8, 4) is 22.6 Å². The van der Waals surface area contributed by atoms with Crippen molar-refractivity contribution in [3.05, 3.63) is 83.9 Å². The highest BCUT2D eigenvalue weighted by Gasteiger charge is 2.18. The zero-order chi connectivity index (χ0) is 21.3. The van der Waals surface area contributed by atoms with E-state index in [2.05, 4.69) is 4.72 Å². The fourth-order valence-electron chi connectivity index (χ4n) is 3.33. The smallest absolute Gasteiger partial charge is 0.261 e. The van der Waals surface area contributed by atoms with Crippen molar-refractivity contribution < 1.29 is 18.3 Å². The normalized spacial score (nSPS) is 11.4. The van der Waals surface area contributed by atoms with Gasteiger partial charge in [-0.3, -0.25) is 4.72 Å². The lowest BCUT2D eigenvalue weighted by Crippen LogP contribution is -2.12. The molecule has 30 heavy (non-hydrogen) atoms. The summed E-state index contributed by atoms with van der Waals surface area (Å²) in [5.41, 5.74) is 1.45. The van der Waals surface area contributed by atoms with Gasteiger partial charge < -0.3 is 9.84 Å². The minimum atomic E-state index is -3.82. The molecule has 0 aromatic heterocycles. The summed E-state index contributed by atoms with van der Waals surface area (Å²) in [5.74, 6) is 0.584. The molecule has 0 heterocycles. The number of anilines is 1. The van der Waals surface area contributed by atoms with Gasteiger partial charge in [-0.2, -0.15) is 0 Å². The highest BCUT2D eigenvalue weighted by molar-refractivity contribution is 7.92. The third-order valence-corrected chi connectivity index (χ3v) is 6.40. The highest BCUT2D eigenvalue weighted by Crippen LogP contribution is 2.42. The van der Waals surface area contributed by atoms with Gasteiger partial charge >= 0.3 is 0 Å². The summed E-state index contributed by atoms with van der Waals surface area (Å²) in [6, 6.07) is 21.9. The van der Waals surface area contributed by atoms with Crippen molar-refractivity contribution >= 4 is 38.1 Å². The maximum absolute atomic E-state index is 12.7. The Bertz CT molecular complexity index is 1340. The molecule has 0 unspecified atom stereocenters. The first-order chi connectivity index (χ1) is 14.4. The number of benzene rings is 4. The maximum Gasteiger partial charge on any atom is 0.261 e. The van der Waals surface area contributed by atoms with Crippen LogP contribution in [0.3, 0.4) is 0 Å². The molecule has 0 aliphatic carbocycles. The fourth-order valence-corrected chi connectivity index (χ4v) is 4.50. The van der Waals surface area contributed by atoms with E-state index in [0.29, 0.717) is 27.6 Å². The number of fused-ring (bicyclic) bond motifs is 1. The number of rotatable bonds is 5. The average molecular weight is 440 g/mol. The van der Waals surface area contributed by atoms with E-state index in [0.717, 1.165) is 10.8 Å². The summed E-state index contributed by atoms with van der Waals surface area (Å²) >= 11 is 5.85. The van der Waals surface area contributed by atoms with E-state index < -0.39 is 10.0 Å². The number of methoxy groups -OCH3 is 1. The van der Waals surface area contributed by atoms with E-state index in [-0.39, 0.29) is 10.6 Å². The van der Waals surface area contributed by atoms with Gasteiger partial charge in [-0.05, 0) is 59.3 Å². The topological polar surface area (TPSA) is 75.6 Å². The number of phenols is 1. The molecule has 2 N–H and O–H groups in total. The number of hydrogen-bond acceptors (Lipinski definition) is 4. The molecule has 0 bridgehead atoms. The second-order valence-electron chi connectivity index (χ2n) is 6.66. The molecule has 0 spiro atoms. The van der Waals surface area contributed by atoms with Crippen LogP contribution in [0, 0.1) is 0 Å². The lowest BCUT2D eigenvalue weighted by Gasteiger charge is -2.15. The summed E-state index contributed by atoms with van der Waals surface area (Å²) in [6.07, 6.45) is 0. The van der Waals surface area contributed by atoms with Gasteiger partial charge in [-0.15, -0.1) is 0 Å². The predicted molar refractivity (Wildman–Crippen MR) is 120 cm³/mol. The van der Waals surface area contributed by atoms with Crippen LogP contribution < -0.4 is 9.46 Å². The second-order valence-corrected chi connectivity index (χ2v) is 8.77. The quantitative estimate of drug-likeness (QED) is 0.392. The molecule has 7 heteroatoms. The first-order valence-corrected chi connectivity index (χ1v) is 10.9. The van der Waals surface area contributed by atoms with E-state index in [1.165, 1.54) is 36.4 Å². The summed E-state index contributed by atoms with van der Waals surface area (Å²) in [4.78, 5) is 0.0873. The molecule has 0 fully saturated rings. The molecule has 0 aliphatic rings. The molecule has 0 saturated heterocycles. The molecule has 4 aromatic carbocycles. The molecule has 0 atom stereocenters. The van der Waals surface area contributed by atoms with Gasteiger partial charge in [0, 0.05) is 21.8 Å². The first-order valence-electron chi connectivity index (χ1n) is 9.06. The van der Waals surface area contributed by atoms with E-state index >= 15 is 0 Å². The number of ether oxygens (including phenoxy) is 1. The van der Waals surface area contributed by atoms with Crippen molar-refractivity contribution in [2.45, 2.75) is 4.90 Å². The van der Waals surface area contributed by atoms with Crippen LogP contribution in [0.1, 0.15) is 0 Å². The third kappa shape index (κ3) is 3.79. The Balaban J connectivity index is 1.82. The van der Waals surface area contributed by atoms with Gasteiger partial charge in [0.25, 0.3) is 10.0 Å². The Morgan fingerprint density at radius 3 is 2.40 bits per heavy atom. The Kier molecular flexibility index (Phi) is 5.28. The van der Waals surface area contributed by atoms with Crippen LogP contribution in [0.5, 0.6) is 11.5 Å². The van der Waals surface area contributed by atoms with E-state index in [1.54, 1.807) is 13.2 Å². The molecule has 0 amide bonds. The van der Waals surface area contributed by atoms with Crippen molar-refractivity contribution in [3.63, 3.8) is 0 Å². The number of nitrogens with one attached hydrogen (secondary N) is 1. The zero-order valence-corrected chi connectivity index (χ0v) is 17.5. The Morgan fingerprint density at radius 2 is 1.67 bits per heavy atom. The third-order valence-electron chi connectivity index (χ3n) is 4.75. The lowest BCUT2D eigenvalue weighted by molar-refractivity contribution is 0.416. The Labute approximate surface area is 179 Å². The van der Waals surface area contributed by atoms with E-state index in [1.807, 2.05) is 36.4 Å². The van der Waals surface area contributed by atoms with Crippen molar-refractivity contribution in [2.75, 3.05) is 11.8 Å². The Hall–Kier alpha value is -3.22. The number of phenolic OH excluding ortho intramolecular Hbond substituents is 1. The van der Waals surface area contributed by atoms with Gasteiger partial charge in [-0.25, -0.2) is 8.42 Å². The van der Waals surface area contributed by atoms with Crippen LogP contribution in [0.25, 0.3) is 21.9 Å². The van der Waals surface area contributed by atoms with Crippen LogP contribution in [0.4, 0.5) is 5.69 Å². The van der Waals surface area contributed by atoms with E-state index in [4.69, 9.17) is 16.3 Å². The summed E-state index contributed by atoms with van der Waals surface area (Å²) in [5, 5.41) is 12.9. The first kappa shape index (κ1) is 20.1. The minimum Gasteiger partial charge on any atom is -0.507 e. The molecular weight excluding hydrogens is 422 g/mol. The van der Waals surface area contributed by atoms with Crippen LogP contribution >= 0.6 is 11.6 Å². The van der Waals surface area contributed by atoms with Crippen molar-refractivity contribution in [2.24, 2.45) is 0 Å². The monoisotopic (exact) mass is 439 g/mol. The van der Waals surface area contributed by atoms with Gasteiger partial charge in [0.05, 0.1) is 12.0 Å². The summed E-state index contributed by atoms with van der Waals surface area (Å²) < 4.78 is 33.6. The number of aromatic hydroxyl groups is 1. The summed E-state index contributed by atoms with van der Waals surface area (Å²) in [7, 11) is -2.27. The molecule has 0 aliphatic heterocycles. The van der Waals surface area contributed by atoms with Gasteiger partial charge in [-0.1, -0.05) is 41.9 Å². The average Bonchev–Trinajstić information content (AvgIpc) is 2.74. The van der Waals surface area contributed by atoms with Crippen LogP contribution in [0.15, 0.2) is 83.8 Å². The molecule has 5 nitrogen and oxygen atoms in total. The molecule has 4 aromatic rings. The largest absolute Gasteiger partial charge is 0.507 e. The number of hydrogen-bond donors (Lipinski definition) is 2. The summed E-state index contributed by atoms with van der Waals surface area (Å²) in [6.45, 7) is 0. The number of sulfonamides is 1. The SMILES string of the molecule is COc1ccc2ccccc2c1-c1cc(NS(=O)(=O)c2ccc(Cl)cc2)ccc1O. The van der Waals surface area contributed by atoms with Crippen LogP contribution in [-0.4, -0.2) is 20.6 Å². The highest BCUT2D eigenvalue weighted by atomic mass is 35.5. The van der Waals surface area contributed by atoms with Gasteiger partial charge in [0.1, 0.15) is 11.5 Å². The van der Waals surface area contributed by atoms with E-state index in [9.17, 15) is 13.5 Å². The maximum atomic E-state index is 12.7. The van der Waals surface area contributed by atoms with Crippen molar-refractivity contribution in [1.82, 2.24) is 0 Å². The molecular formula is C23H18ClNO4S. The van der Waals surface area contributed by atoms with Crippen molar-refractivity contribution in [1.29, 1.82) is 0 Å². The predicted octanol–water partition coefficient (Wildman–Crippen LogP) is 5.68. The fraction of sp³-hybridized carbons (Fsp3) is 0.0435. The van der Waals surface area contributed by atoms with Gasteiger partial charge in [0.15, 0.2) is 0 Å². The molecule has 4 rings (SSSR count). The lowest BCUT2D eigenvalue weighted by atomic mass is 9.96. The standard InChI is InChI=1S/C23H18ClNO4S/c1-29-22-13-6-15-4-2-3-5-19(15)23(22)20-14-17(9-12-21(20)26)25-30(27,28)18-10-7-16(24)8-11-18/h2-14,25-26H,1H3. The Morgan fingerprint density at radius 1 is 0.933 bits per heavy atom.